The first-order valence-corrected chi connectivity index (χ1v) is 11.7. The van der Waals surface area contributed by atoms with Crippen molar-refractivity contribution in [3.05, 3.63) is 60.8 Å². The molecule has 2 rings (SSSR count). The highest BCUT2D eigenvalue weighted by atomic mass is 16.6. The van der Waals surface area contributed by atoms with E-state index in [4.69, 9.17) is 4.74 Å². The molecule has 0 spiro atoms. The number of ether oxygens (including phenoxy) is 1. The Labute approximate surface area is 198 Å². The van der Waals surface area contributed by atoms with Gasteiger partial charge < -0.3 is 25.2 Å². The van der Waals surface area contributed by atoms with Crippen LogP contribution in [0.4, 0.5) is 4.79 Å². The number of allylic oxidation sites excluding steroid dienone is 3. The van der Waals surface area contributed by atoms with Crippen LogP contribution in [0.2, 0.25) is 0 Å². The van der Waals surface area contributed by atoms with Gasteiger partial charge in [0.1, 0.15) is 5.60 Å². The molecule has 0 aromatic heterocycles. The lowest BCUT2D eigenvalue weighted by molar-refractivity contribution is -0.128. The normalized spacial score (nSPS) is 20.9. The molecule has 33 heavy (non-hydrogen) atoms. The molecule has 2 N–H and O–H groups in total. The third-order valence-electron chi connectivity index (χ3n) is 5.58. The third-order valence-corrected chi connectivity index (χ3v) is 5.58. The van der Waals surface area contributed by atoms with Gasteiger partial charge in [0.2, 0.25) is 0 Å². The predicted octanol–water partition coefficient (Wildman–Crippen LogP) is 4.43. The lowest BCUT2D eigenvalue weighted by Gasteiger charge is -2.37. The molecule has 0 aromatic rings. The van der Waals surface area contributed by atoms with Crippen LogP contribution in [-0.2, 0) is 9.53 Å². The molecular weight excluding hydrogens is 416 g/mol. The van der Waals surface area contributed by atoms with Crippen molar-refractivity contribution in [2.45, 2.75) is 72.1 Å². The zero-order valence-electron chi connectivity index (χ0n) is 21.0. The Hall–Kier alpha value is -2.96. The van der Waals surface area contributed by atoms with Crippen LogP contribution in [0, 0.1) is 5.92 Å². The van der Waals surface area contributed by atoms with E-state index in [1.54, 1.807) is 6.20 Å². The Morgan fingerprint density at radius 2 is 2.00 bits per heavy atom. The van der Waals surface area contributed by atoms with Crippen LogP contribution >= 0.6 is 0 Å². The number of carbonyl (C=O) groups excluding carboxylic acids is 2. The van der Waals surface area contributed by atoms with Crippen molar-refractivity contribution >= 4 is 12.0 Å². The van der Waals surface area contributed by atoms with Gasteiger partial charge in [-0.15, -0.1) is 0 Å². The molecule has 7 heteroatoms. The van der Waals surface area contributed by atoms with Crippen LogP contribution in [0.1, 0.15) is 54.4 Å². The fourth-order valence-corrected chi connectivity index (χ4v) is 4.07. The second kappa shape index (κ2) is 11.3. The minimum Gasteiger partial charge on any atom is -0.444 e. The van der Waals surface area contributed by atoms with Crippen LogP contribution in [0.15, 0.2) is 60.8 Å². The van der Waals surface area contributed by atoms with Gasteiger partial charge in [-0.1, -0.05) is 33.1 Å². The van der Waals surface area contributed by atoms with Crippen molar-refractivity contribution in [2.24, 2.45) is 5.92 Å². The summed E-state index contributed by atoms with van der Waals surface area (Å²) in [5.74, 6) is 0.129. The summed E-state index contributed by atoms with van der Waals surface area (Å²) in [6.45, 7) is 20.8. The lowest BCUT2D eigenvalue weighted by atomic mass is 9.98. The molecule has 0 bridgehead atoms. The van der Waals surface area contributed by atoms with Gasteiger partial charge in [0.25, 0.3) is 5.91 Å². The maximum atomic E-state index is 13.3. The molecule has 2 aliphatic rings. The highest BCUT2D eigenvalue weighted by Crippen LogP contribution is 2.25. The largest absolute Gasteiger partial charge is 0.444 e. The highest BCUT2D eigenvalue weighted by molar-refractivity contribution is 5.98. The zero-order chi connectivity index (χ0) is 24.8. The molecular formula is C26H40N4O3. The van der Waals surface area contributed by atoms with Crippen molar-refractivity contribution in [3.63, 3.8) is 0 Å². The van der Waals surface area contributed by atoms with Crippen molar-refractivity contribution in [1.82, 2.24) is 20.4 Å². The number of nitrogens with zero attached hydrogens (tertiary/aromatic N) is 2. The fraction of sp³-hybridized carbons (Fsp3) is 0.538. The van der Waals surface area contributed by atoms with E-state index in [0.29, 0.717) is 18.7 Å². The smallest absolute Gasteiger partial charge is 0.408 e. The Kier molecular flexibility index (Phi) is 8.97. The number of alkyl carbamates (subject to hydrolysis) is 1. The Balaban J connectivity index is 2.04. The molecule has 2 atom stereocenters. The molecule has 1 fully saturated rings. The van der Waals surface area contributed by atoms with Crippen molar-refractivity contribution < 1.29 is 14.3 Å². The Bertz CT molecular complexity index is 848. The molecule has 2 unspecified atom stereocenters. The van der Waals surface area contributed by atoms with E-state index in [0.717, 1.165) is 24.2 Å². The topological polar surface area (TPSA) is 73.9 Å². The molecule has 0 radical (unpaired) electrons. The molecule has 0 aliphatic carbocycles. The molecule has 2 heterocycles. The number of hydrogen-bond donors (Lipinski definition) is 2. The fourth-order valence-electron chi connectivity index (χ4n) is 4.07. The summed E-state index contributed by atoms with van der Waals surface area (Å²) < 4.78 is 5.41. The summed E-state index contributed by atoms with van der Waals surface area (Å²) >= 11 is 0. The van der Waals surface area contributed by atoms with Crippen LogP contribution in [0.5, 0.6) is 0 Å². The average Bonchev–Trinajstić information content (AvgIpc) is 2.74. The van der Waals surface area contributed by atoms with Gasteiger partial charge >= 0.3 is 6.09 Å². The monoisotopic (exact) mass is 456 g/mol. The maximum Gasteiger partial charge on any atom is 0.408 e. The van der Waals surface area contributed by atoms with E-state index < -0.39 is 11.7 Å². The minimum absolute atomic E-state index is 0.00343. The second-order valence-corrected chi connectivity index (χ2v) is 9.81. The predicted molar refractivity (Wildman–Crippen MR) is 133 cm³/mol. The molecule has 182 valence electrons. The molecule has 1 saturated heterocycles. The van der Waals surface area contributed by atoms with Crippen molar-refractivity contribution in [2.75, 3.05) is 13.1 Å². The minimum atomic E-state index is -0.569. The Morgan fingerprint density at radius 3 is 2.58 bits per heavy atom. The SMILES string of the molecule is C=CN1C=CC=C(C(=O)N2CCCC(NC(=C)C(NC(=O)OC(C)(C)C)C(C)C)C2)/C1=C/C. The molecule has 2 amide bonds. The summed E-state index contributed by atoms with van der Waals surface area (Å²) in [5, 5.41) is 6.40. The van der Waals surface area contributed by atoms with E-state index in [-0.39, 0.29) is 23.9 Å². The lowest BCUT2D eigenvalue weighted by Crippen LogP contribution is -2.52. The van der Waals surface area contributed by atoms with E-state index in [1.165, 1.54) is 0 Å². The quantitative estimate of drug-likeness (QED) is 0.593. The van der Waals surface area contributed by atoms with Crippen LogP contribution in [-0.4, -0.2) is 52.6 Å². The number of carbonyl (C=O) groups is 2. The standard InChI is InChI=1S/C26H40N4O3/c1-9-22-21(14-12-15-29(22)10-2)24(31)30-16-11-13-20(17-30)27-19(5)23(18(3)4)28-25(32)33-26(6,7)8/h9-10,12,14-15,18,20,23,27H,2,5,11,13,16-17H2,1,3-4,6-8H3,(H,28,32)/b22-9-. The number of likely N-dealkylation sites (tertiary alicyclic amines) is 1. The molecule has 0 saturated carbocycles. The highest BCUT2D eigenvalue weighted by Gasteiger charge is 2.30. The van der Waals surface area contributed by atoms with Crippen LogP contribution in [0.3, 0.4) is 0 Å². The first-order valence-electron chi connectivity index (χ1n) is 11.7. The van der Waals surface area contributed by atoms with Crippen LogP contribution in [0.25, 0.3) is 0 Å². The van der Waals surface area contributed by atoms with E-state index in [9.17, 15) is 9.59 Å². The first-order chi connectivity index (χ1) is 15.5. The maximum absolute atomic E-state index is 13.3. The molecule has 2 aliphatic heterocycles. The summed E-state index contributed by atoms with van der Waals surface area (Å²) in [6.07, 6.45) is 10.6. The molecule has 0 aromatic carbocycles. The summed E-state index contributed by atoms with van der Waals surface area (Å²) in [5.41, 5.74) is 1.65. The summed E-state index contributed by atoms with van der Waals surface area (Å²) in [7, 11) is 0. The van der Waals surface area contributed by atoms with Crippen molar-refractivity contribution in [1.29, 1.82) is 0 Å². The van der Waals surface area contributed by atoms with Crippen LogP contribution < -0.4 is 10.6 Å². The van der Waals surface area contributed by atoms with E-state index in [2.05, 4.69) is 23.8 Å². The third kappa shape index (κ3) is 7.27. The summed E-state index contributed by atoms with van der Waals surface area (Å²) in [4.78, 5) is 29.4. The van der Waals surface area contributed by atoms with Gasteiger partial charge in [-0.05, 0) is 58.6 Å². The average molecular weight is 457 g/mol. The van der Waals surface area contributed by atoms with E-state index in [1.807, 2.05) is 75.8 Å². The van der Waals surface area contributed by atoms with Crippen molar-refractivity contribution in [3.8, 4) is 0 Å². The number of rotatable bonds is 7. The second-order valence-electron chi connectivity index (χ2n) is 9.81. The van der Waals surface area contributed by atoms with E-state index >= 15 is 0 Å². The Morgan fingerprint density at radius 1 is 1.30 bits per heavy atom. The van der Waals surface area contributed by atoms with Gasteiger partial charge in [0, 0.05) is 37.2 Å². The van der Waals surface area contributed by atoms with Gasteiger partial charge in [-0.25, -0.2) is 4.79 Å². The van der Waals surface area contributed by atoms with Gasteiger partial charge in [-0.3, -0.25) is 4.79 Å². The first kappa shape index (κ1) is 26.3. The molecule has 7 nitrogen and oxygen atoms in total. The number of hydrogen-bond acceptors (Lipinski definition) is 5. The zero-order valence-corrected chi connectivity index (χ0v) is 21.0. The van der Waals surface area contributed by atoms with Gasteiger partial charge in [0.15, 0.2) is 0 Å². The van der Waals surface area contributed by atoms with Gasteiger partial charge in [-0.2, -0.15) is 0 Å². The number of piperidine rings is 1. The van der Waals surface area contributed by atoms with Gasteiger partial charge in [0.05, 0.1) is 17.3 Å². The number of nitrogens with one attached hydrogen (secondary N) is 2. The number of amides is 2. The summed E-state index contributed by atoms with van der Waals surface area (Å²) in [6, 6.07) is -0.228.